The Hall–Kier alpha value is -0.570. The zero-order valence-corrected chi connectivity index (χ0v) is 9.12. The maximum Gasteiger partial charge on any atom is 0.138 e. The number of aryl methyl sites for hydroxylation is 1. The lowest BCUT2D eigenvalue weighted by molar-refractivity contribution is 0.499. The van der Waals surface area contributed by atoms with Crippen LogP contribution in [0.3, 0.4) is 0 Å². The second-order valence-electron chi connectivity index (χ2n) is 3.63. The molecule has 0 saturated heterocycles. The molecule has 1 rings (SSSR count). The van der Waals surface area contributed by atoms with Gasteiger partial charge in [0.1, 0.15) is 12.2 Å². The fraction of sp³-hybridized carbons (Fsp3) is 0.778. The van der Waals surface area contributed by atoms with Gasteiger partial charge in [0.05, 0.1) is 0 Å². The lowest BCUT2D eigenvalue weighted by Gasteiger charge is -2.11. The monoisotopic (exact) mass is 201 g/mol. The summed E-state index contributed by atoms with van der Waals surface area (Å²) in [6.45, 7) is 4.21. The average Bonchev–Trinajstić information content (AvgIpc) is 2.34. The molecule has 2 atom stereocenters. The first-order valence-electron chi connectivity index (χ1n) is 4.56. The molecule has 0 aliphatic heterocycles. The maximum absolute atomic E-state index is 5.91. The van der Waals surface area contributed by atoms with Gasteiger partial charge in [-0.1, -0.05) is 6.92 Å². The fourth-order valence-corrected chi connectivity index (χ4v) is 1.76. The highest BCUT2D eigenvalue weighted by Crippen LogP contribution is 2.14. The predicted octanol–water partition coefficient (Wildman–Crippen LogP) is 2.01. The van der Waals surface area contributed by atoms with Crippen molar-refractivity contribution >= 4 is 11.6 Å². The average molecular weight is 202 g/mol. The van der Waals surface area contributed by atoms with E-state index < -0.39 is 0 Å². The Morgan fingerprint density at radius 3 is 2.69 bits per heavy atom. The van der Waals surface area contributed by atoms with E-state index in [-0.39, 0.29) is 5.38 Å². The predicted molar refractivity (Wildman–Crippen MR) is 53.8 cm³/mol. The van der Waals surface area contributed by atoms with Gasteiger partial charge in [0.25, 0.3) is 0 Å². The van der Waals surface area contributed by atoms with Crippen molar-refractivity contribution < 1.29 is 0 Å². The minimum Gasteiger partial charge on any atom is -0.253 e. The molecule has 0 bridgehead atoms. The summed E-state index contributed by atoms with van der Waals surface area (Å²) in [6.07, 6.45) is 3.56. The molecule has 0 aliphatic carbocycles. The van der Waals surface area contributed by atoms with Crippen LogP contribution in [0.4, 0.5) is 0 Å². The first kappa shape index (κ1) is 10.5. The van der Waals surface area contributed by atoms with Gasteiger partial charge < -0.3 is 0 Å². The summed E-state index contributed by atoms with van der Waals surface area (Å²) >= 11 is 5.91. The minimum atomic E-state index is 0.239. The number of hydrogen-bond acceptors (Lipinski definition) is 2. The van der Waals surface area contributed by atoms with Crippen LogP contribution in [-0.2, 0) is 13.5 Å². The van der Waals surface area contributed by atoms with Gasteiger partial charge in [-0.15, -0.1) is 11.6 Å². The molecular formula is C9H16ClN3. The summed E-state index contributed by atoms with van der Waals surface area (Å²) in [4.78, 5) is 4.17. The van der Waals surface area contributed by atoms with E-state index in [4.69, 9.17) is 11.6 Å². The molecule has 0 N–H and O–H groups in total. The van der Waals surface area contributed by atoms with Gasteiger partial charge >= 0.3 is 0 Å². The molecule has 2 unspecified atom stereocenters. The van der Waals surface area contributed by atoms with E-state index >= 15 is 0 Å². The number of aromatic nitrogens is 3. The first-order chi connectivity index (χ1) is 6.09. The standard InChI is InChI=1S/C9H16ClN3/c1-7(4-8(2)10)5-9-11-6-12-13(9)3/h6-8H,4-5H2,1-3H3. The summed E-state index contributed by atoms with van der Waals surface area (Å²) < 4.78 is 1.81. The molecule has 13 heavy (non-hydrogen) atoms. The molecule has 3 nitrogen and oxygen atoms in total. The molecule has 1 heterocycles. The van der Waals surface area contributed by atoms with Crippen LogP contribution in [-0.4, -0.2) is 20.1 Å². The van der Waals surface area contributed by atoms with Crippen molar-refractivity contribution in [2.24, 2.45) is 13.0 Å². The second kappa shape index (κ2) is 4.61. The van der Waals surface area contributed by atoms with Crippen LogP contribution in [0, 0.1) is 5.92 Å². The van der Waals surface area contributed by atoms with Crippen molar-refractivity contribution in [2.75, 3.05) is 0 Å². The van der Waals surface area contributed by atoms with Crippen LogP contribution in [0.25, 0.3) is 0 Å². The van der Waals surface area contributed by atoms with Crippen LogP contribution in [0.1, 0.15) is 26.1 Å². The summed E-state index contributed by atoms with van der Waals surface area (Å²) in [5.41, 5.74) is 0. The number of alkyl halides is 1. The van der Waals surface area contributed by atoms with E-state index in [1.807, 2.05) is 18.7 Å². The van der Waals surface area contributed by atoms with Crippen molar-refractivity contribution in [3.05, 3.63) is 12.2 Å². The third-order valence-electron chi connectivity index (χ3n) is 2.06. The third kappa shape index (κ3) is 3.35. The molecule has 0 fully saturated rings. The Bertz CT molecular complexity index is 257. The topological polar surface area (TPSA) is 30.7 Å². The van der Waals surface area contributed by atoms with Crippen molar-refractivity contribution in [1.29, 1.82) is 0 Å². The number of nitrogens with zero attached hydrogens (tertiary/aromatic N) is 3. The quantitative estimate of drug-likeness (QED) is 0.698. The van der Waals surface area contributed by atoms with Crippen LogP contribution in [0.2, 0.25) is 0 Å². The third-order valence-corrected chi connectivity index (χ3v) is 2.24. The normalized spacial score (nSPS) is 15.7. The van der Waals surface area contributed by atoms with Gasteiger partial charge in [-0.3, -0.25) is 4.68 Å². The molecule has 0 spiro atoms. The van der Waals surface area contributed by atoms with E-state index in [0.29, 0.717) is 5.92 Å². The molecule has 0 aromatic carbocycles. The van der Waals surface area contributed by atoms with Gasteiger partial charge in [0.2, 0.25) is 0 Å². The van der Waals surface area contributed by atoms with Gasteiger partial charge in [0.15, 0.2) is 0 Å². The van der Waals surface area contributed by atoms with Crippen molar-refractivity contribution in [2.45, 2.75) is 32.1 Å². The van der Waals surface area contributed by atoms with Crippen LogP contribution in [0.5, 0.6) is 0 Å². The molecule has 1 aromatic rings. The van der Waals surface area contributed by atoms with Crippen molar-refractivity contribution in [1.82, 2.24) is 14.8 Å². The number of hydrogen-bond donors (Lipinski definition) is 0. The molecule has 0 radical (unpaired) electrons. The number of halogens is 1. The lowest BCUT2D eigenvalue weighted by Crippen LogP contribution is -2.09. The minimum absolute atomic E-state index is 0.239. The SMILES string of the molecule is CC(Cl)CC(C)Cc1ncnn1C. The van der Waals surface area contributed by atoms with Crippen LogP contribution >= 0.6 is 11.6 Å². The smallest absolute Gasteiger partial charge is 0.138 e. The summed E-state index contributed by atoms with van der Waals surface area (Å²) in [5, 5.41) is 4.26. The molecule has 1 aromatic heterocycles. The first-order valence-corrected chi connectivity index (χ1v) is 5.00. The van der Waals surface area contributed by atoms with Crippen molar-refractivity contribution in [3.63, 3.8) is 0 Å². The zero-order valence-electron chi connectivity index (χ0n) is 8.37. The molecule has 0 saturated carbocycles. The van der Waals surface area contributed by atoms with Crippen molar-refractivity contribution in [3.8, 4) is 0 Å². The summed E-state index contributed by atoms with van der Waals surface area (Å²) in [6, 6.07) is 0. The van der Waals surface area contributed by atoms with Gasteiger partial charge in [-0.05, 0) is 19.3 Å². The molecular weight excluding hydrogens is 186 g/mol. The van der Waals surface area contributed by atoms with E-state index in [1.165, 1.54) is 0 Å². The highest BCUT2D eigenvalue weighted by molar-refractivity contribution is 6.20. The summed E-state index contributed by atoms with van der Waals surface area (Å²) in [7, 11) is 1.92. The molecule has 74 valence electrons. The largest absolute Gasteiger partial charge is 0.253 e. The van der Waals surface area contributed by atoms with E-state index in [0.717, 1.165) is 18.7 Å². The second-order valence-corrected chi connectivity index (χ2v) is 4.37. The van der Waals surface area contributed by atoms with Crippen LogP contribution in [0.15, 0.2) is 6.33 Å². The van der Waals surface area contributed by atoms with Crippen LogP contribution < -0.4 is 0 Å². The highest BCUT2D eigenvalue weighted by Gasteiger charge is 2.10. The summed E-state index contributed by atoms with van der Waals surface area (Å²) in [5.74, 6) is 1.60. The van der Waals surface area contributed by atoms with E-state index in [9.17, 15) is 0 Å². The molecule has 0 amide bonds. The Kier molecular flexibility index (Phi) is 3.72. The highest BCUT2D eigenvalue weighted by atomic mass is 35.5. The Labute approximate surface area is 84.1 Å². The Morgan fingerprint density at radius 1 is 1.54 bits per heavy atom. The molecule has 0 aliphatic rings. The fourth-order valence-electron chi connectivity index (χ4n) is 1.45. The van der Waals surface area contributed by atoms with E-state index in [1.54, 1.807) is 6.33 Å². The maximum atomic E-state index is 5.91. The van der Waals surface area contributed by atoms with E-state index in [2.05, 4.69) is 17.0 Å². The molecule has 4 heteroatoms. The lowest BCUT2D eigenvalue weighted by atomic mass is 10.0. The Balaban J connectivity index is 2.45. The van der Waals surface area contributed by atoms with Gasteiger partial charge in [0, 0.05) is 18.8 Å². The Morgan fingerprint density at radius 2 is 2.23 bits per heavy atom. The number of rotatable bonds is 4. The zero-order chi connectivity index (χ0) is 9.84. The van der Waals surface area contributed by atoms with Gasteiger partial charge in [-0.25, -0.2) is 4.98 Å². The van der Waals surface area contributed by atoms with Gasteiger partial charge in [-0.2, -0.15) is 5.10 Å².